The first-order valence-corrected chi connectivity index (χ1v) is 12.0. The summed E-state index contributed by atoms with van der Waals surface area (Å²) in [6, 6.07) is 11.6. The van der Waals surface area contributed by atoms with Gasteiger partial charge < -0.3 is 15.0 Å². The van der Waals surface area contributed by atoms with Crippen LogP contribution in [0.2, 0.25) is 0 Å². The van der Waals surface area contributed by atoms with Gasteiger partial charge in [-0.1, -0.05) is 48.8 Å². The Bertz CT molecular complexity index is 1270. The van der Waals surface area contributed by atoms with Crippen molar-refractivity contribution in [2.45, 2.75) is 52.0 Å². The molecule has 1 atom stereocenters. The number of benzene rings is 2. The van der Waals surface area contributed by atoms with E-state index >= 15 is 0 Å². The van der Waals surface area contributed by atoms with Crippen LogP contribution in [0.5, 0.6) is 0 Å². The molecule has 1 aliphatic rings. The van der Waals surface area contributed by atoms with Crippen molar-refractivity contribution >= 4 is 45.0 Å². The molecule has 2 amide bonds. The molecule has 2 aromatic carbocycles. The van der Waals surface area contributed by atoms with Crippen LogP contribution in [0.3, 0.4) is 0 Å². The highest BCUT2D eigenvalue weighted by Crippen LogP contribution is 2.29. The van der Waals surface area contributed by atoms with Crippen molar-refractivity contribution < 1.29 is 19.5 Å². The number of carboxylic acids is 1. The number of carbonyl (C=O) groups excluding carboxylic acids is 2. The smallest absolute Gasteiger partial charge is 0.326 e. The Morgan fingerprint density at radius 3 is 2.48 bits per heavy atom. The van der Waals surface area contributed by atoms with Crippen molar-refractivity contribution in [3.8, 4) is 0 Å². The van der Waals surface area contributed by atoms with Crippen LogP contribution < -0.4 is 10.1 Å². The number of aryl methyl sites for hydroxylation is 1. The van der Waals surface area contributed by atoms with E-state index < -0.39 is 17.9 Å². The maximum absolute atomic E-state index is 12.8. The molecule has 1 aliphatic carbocycles. The fourth-order valence-corrected chi connectivity index (χ4v) is 5.29. The zero-order valence-corrected chi connectivity index (χ0v) is 19.5. The van der Waals surface area contributed by atoms with Crippen LogP contribution in [-0.4, -0.2) is 27.5 Å². The van der Waals surface area contributed by atoms with Crippen molar-refractivity contribution in [3.63, 3.8) is 0 Å². The molecular weight excluding hydrogens is 438 g/mol. The number of hydrogen-bond acceptors (Lipinski definition) is 4. The number of aliphatic carboxylic acids is 1. The van der Waals surface area contributed by atoms with Gasteiger partial charge >= 0.3 is 5.97 Å². The summed E-state index contributed by atoms with van der Waals surface area (Å²) in [5.41, 5.74) is 2.72. The lowest BCUT2D eigenvalue weighted by molar-refractivity contribution is -0.141. The first kappa shape index (κ1) is 22.9. The van der Waals surface area contributed by atoms with Gasteiger partial charge in [0.05, 0.1) is 10.2 Å². The number of amides is 2. The maximum Gasteiger partial charge on any atom is 0.326 e. The van der Waals surface area contributed by atoms with Gasteiger partial charge in [-0.25, -0.2) is 4.79 Å². The Hall–Kier alpha value is -3.26. The Morgan fingerprint density at radius 1 is 1.15 bits per heavy atom. The summed E-state index contributed by atoms with van der Waals surface area (Å²) in [7, 11) is 0. The van der Waals surface area contributed by atoms with Crippen molar-refractivity contribution in [3.05, 3.63) is 58.4 Å². The molecule has 0 saturated heterocycles. The maximum atomic E-state index is 12.8. The average molecular weight is 466 g/mol. The summed E-state index contributed by atoms with van der Waals surface area (Å²) in [5.74, 6) is -1.40. The largest absolute Gasteiger partial charge is 0.480 e. The molecule has 0 bridgehead atoms. The van der Waals surface area contributed by atoms with Gasteiger partial charge in [0.2, 0.25) is 5.91 Å². The summed E-state index contributed by atoms with van der Waals surface area (Å²) in [6.07, 6.45) is 4.25. The Kier molecular flexibility index (Phi) is 6.74. The van der Waals surface area contributed by atoms with Crippen LogP contribution in [0.25, 0.3) is 10.2 Å². The fraction of sp³-hybridized carbons (Fsp3) is 0.360. The van der Waals surface area contributed by atoms with Gasteiger partial charge in [-0.15, -0.1) is 0 Å². The third kappa shape index (κ3) is 4.90. The number of anilines is 1. The lowest BCUT2D eigenvalue weighted by atomic mass is 10.1. The molecule has 0 radical (unpaired) electrons. The molecule has 33 heavy (non-hydrogen) atoms. The van der Waals surface area contributed by atoms with Crippen LogP contribution in [-0.2, 0) is 9.59 Å². The first-order chi connectivity index (χ1) is 15.9. The molecule has 4 rings (SSSR count). The zero-order chi connectivity index (χ0) is 23.5. The van der Waals surface area contributed by atoms with E-state index in [1.54, 1.807) is 29.7 Å². The van der Waals surface area contributed by atoms with Gasteiger partial charge in [0.1, 0.15) is 6.04 Å². The van der Waals surface area contributed by atoms with E-state index in [1.165, 1.54) is 11.3 Å². The highest BCUT2D eigenvalue weighted by Gasteiger charge is 2.24. The van der Waals surface area contributed by atoms with E-state index in [1.807, 2.05) is 31.2 Å². The summed E-state index contributed by atoms with van der Waals surface area (Å²) >= 11 is 1.26. The van der Waals surface area contributed by atoms with Crippen LogP contribution >= 0.6 is 11.3 Å². The highest BCUT2D eigenvalue weighted by atomic mass is 32.1. The van der Waals surface area contributed by atoms with E-state index in [4.69, 9.17) is 0 Å². The predicted octanol–water partition coefficient (Wildman–Crippen LogP) is 4.92. The minimum Gasteiger partial charge on any atom is -0.480 e. The van der Waals surface area contributed by atoms with E-state index in [2.05, 4.69) is 10.3 Å². The molecule has 1 heterocycles. The summed E-state index contributed by atoms with van der Waals surface area (Å²) < 4.78 is 2.39. The number of hydrogen-bond donors (Lipinski definition) is 2. The quantitative estimate of drug-likeness (QED) is 0.540. The van der Waals surface area contributed by atoms with Crippen LogP contribution in [0, 0.1) is 12.8 Å². The normalized spacial score (nSPS) is 15.6. The lowest BCUT2D eigenvalue weighted by Gasteiger charge is -2.15. The Morgan fingerprint density at radius 2 is 1.85 bits per heavy atom. The number of carbonyl (C=O) groups is 3. The van der Waals surface area contributed by atoms with Gasteiger partial charge in [-0.05, 0) is 56.5 Å². The van der Waals surface area contributed by atoms with Crippen molar-refractivity contribution in [2.75, 3.05) is 5.32 Å². The first-order valence-electron chi connectivity index (χ1n) is 11.2. The summed E-state index contributed by atoms with van der Waals surface area (Å²) in [6.45, 7) is 3.72. The molecule has 8 heteroatoms. The number of aromatic nitrogens is 1. The molecule has 7 nitrogen and oxygen atoms in total. The van der Waals surface area contributed by atoms with Crippen molar-refractivity contribution in [2.24, 2.45) is 10.9 Å². The number of thiazole rings is 1. The molecule has 0 aliphatic heterocycles. The lowest BCUT2D eigenvalue weighted by Crippen LogP contribution is -2.27. The number of nitrogens with one attached hydrogen (secondary N) is 1. The van der Waals surface area contributed by atoms with Crippen LogP contribution in [0.4, 0.5) is 5.69 Å². The zero-order valence-electron chi connectivity index (χ0n) is 18.7. The average Bonchev–Trinajstić information content (AvgIpc) is 3.44. The molecule has 2 N–H and O–H groups in total. The number of rotatable bonds is 6. The second kappa shape index (κ2) is 9.70. The van der Waals surface area contributed by atoms with Crippen LogP contribution in [0.15, 0.2) is 47.5 Å². The SMILES string of the molecule is CCC(C(=O)O)n1/c(=N/C(=O)c2ccc(C)cc2)sc2ccc(NC(=O)C3CCCC3)cc21. The molecule has 1 aromatic heterocycles. The van der Waals surface area contributed by atoms with E-state index in [-0.39, 0.29) is 11.8 Å². The van der Waals surface area contributed by atoms with Crippen molar-refractivity contribution in [1.29, 1.82) is 0 Å². The Labute approximate surface area is 195 Å². The van der Waals surface area contributed by atoms with E-state index in [9.17, 15) is 19.5 Å². The monoisotopic (exact) mass is 465 g/mol. The standard InChI is InChI=1S/C25H27N3O4S/c1-3-19(24(31)32)28-20-14-18(26-22(29)16-6-4-5-7-16)12-13-21(20)33-25(28)27-23(30)17-10-8-15(2)9-11-17/h8-14,16,19H,3-7H2,1-2H3,(H,26,29)(H,31,32)/b27-25-. The van der Waals surface area contributed by atoms with Gasteiger partial charge in [-0.3, -0.25) is 9.59 Å². The second-order valence-corrected chi connectivity index (χ2v) is 9.46. The molecule has 1 unspecified atom stereocenters. The Balaban J connectivity index is 1.78. The van der Waals surface area contributed by atoms with Gasteiger partial charge in [-0.2, -0.15) is 4.99 Å². The van der Waals surface area contributed by atoms with E-state index in [0.717, 1.165) is 35.9 Å². The highest BCUT2D eigenvalue weighted by molar-refractivity contribution is 7.16. The summed E-state index contributed by atoms with van der Waals surface area (Å²) in [4.78, 5) is 42.1. The molecule has 172 valence electrons. The van der Waals surface area contributed by atoms with E-state index in [0.29, 0.717) is 28.0 Å². The summed E-state index contributed by atoms with van der Waals surface area (Å²) in [5, 5.41) is 12.8. The third-order valence-corrected chi connectivity index (χ3v) is 7.13. The van der Waals surface area contributed by atoms with Crippen LogP contribution in [0.1, 0.15) is 61.0 Å². The van der Waals surface area contributed by atoms with Gasteiger partial charge in [0.15, 0.2) is 4.80 Å². The minimum atomic E-state index is -0.998. The third-order valence-electron chi connectivity index (χ3n) is 6.10. The van der Waals surface area contributed by atoms with Crippen molar-refractivity contribution in [1.82, 2.24) is 4.57 Å². The molecular formula is C25H27N3O4S. The fourth-order valence-electron chi connectivity index (χ4n) is 4.25. The molecule has 3 aromatic rings. The second-order valence-electron chi connectivity index (χ2n) is 8.45. The predicted molar refractivity (Wildman–Crippen MR) is 128 cm³/mol. The molecule has 0 spiro atoms. The van der Waals surface area contributed by atoms with Gasteiger partial charge in [0.25, 0.3) is 5.91 Å². The number of nitrogens with zero attached hydrogens (tertiary/aromatic N) is 2. The number of fused-ring (bicyclic) bond motifs is 1. The minimum absolute atomic E-state index is 0.00151. The van der Waals surface area contributed by atoms with Gasteiger partial charge in [0, 0.05) is 17.2 Å². The topological polar surface area (TPSA) is 101 Å². The molecule has 1 fully saturated rings. The number of carboxylic acid groups (broad SMARTS) is 1. The molecule has 1 saturated carbocycles.